The molecule has 8 nitrogen and oxygen atoms in total. The van der Waals surface area contributed by atoms with Crippen molar-refractivity contribution in [2.45, 2.75) is 57.5 Å². The first kappa shape index (κ1) is 28.8. The third-order valence-electron chi connectivity index (χ3n) is 7.01. The maximum Gasteiger partial charge on any atom is 0.452 e. The van der Waals surface area contributed by atoms with E-state index in [9.17, 15) is 27.6 Å². The van der Waals surface area contributed by atoms with Crippen LogP contribution in [0, 0.1) is 12.8 Å². The van der Waals surface area contributed by atoms with Crippen LogP contribution in [0.2, 0.25) is 0 Å². The molecule has 40 heavy (non-hydrogen) atoms. The molecule has 0 aliphatic heterocycles. The summed E-state index contributed by atoms with van der Waals surface area (Å²) in [7, 11) is 0. The van der Waals surface area contributed by atoms with E-state index in [1.165, 1.54) is 0 Å². The van der Waals surface area contributed by atoms with Gasteiger partial charge in [-0.1, -0.05) is 29.8 Å². The predicted molar refractivity (Wildman–Crippen MR) is 141 cm³/mol. The summed E-state index contributed by atoms with van der Waals surface area (Å²) < 4.78 is 45.4. The molecule has 2 amide bonds. The molecule has 0 radical (unpaired) electrons. The molecule has 0 bridgehead atoms. The van der Waals surface area contributed by atoms with Crippen LogP contribution >= 0.6 is 0 Å². The highest BCUT2D eigenvalue weighted by Crippen LogP contribution is 2.37. The number of oxazole rings is 1. The van der Waals surface area contributed by atoms with Crippen molar-refractivity contribution in [1.29, 1.82) is 0 Å². The molecule has 2 aromatic carbocycles. The quantitative estimate of drug-likeness (QED) is 0.289. The number of carboxylic acids is 1. The van der Waals surface area contributed by atoms with Gasteiger partial charge >= 0.3 is 12.1 Å². The van der Waals surface area contributed by atoms with E-state index in [1.54, 1.807) is 36.4 Å². The van der Waals surface area contributed by atoms with Gasteiger partial charge in [0.05, 0.1) is 0 Å². The van der Waals surface area contributed by atoms with E-state index in [0.717, 1.165) is 36.8 Å². The van der Waals surface area contributed by atoms with Crippen LogP contribution < -0.4 is 10.6 Å². The van der Waals surface area contributed by atoms with Crippen LogP contribution in [0.25, 0.3) is 11.5 Å². The second kappa shape index (κ2) is 12.4. The normalized spacial score (nSPS) is 17.3. The van der Waals surface area contributed by atoms with Gasteiger partial charge in [-0.2, -0.15) is 13.2 Å². The van der Waals surface area contributed by atoms with Crippen molar-refractivity contribution >= 4 is 23.5 Å². The molecule has 0 atom stereocenters. The average molecular weight is 558 g/mol. The number of benzene rings is 2. The standard InChI is InChI=1S/C29H30F3N3O5/c1-17-2-6-21(7-3-17)28-35-25(26(40-28)29(30,31)32)27(39)33-15-14-23(36)34-22-12-10-20(11-13-22)19-8-4-18(5-9-19)16-24(37)38/h2-3,6-7,10-13,18-19H,4-5,8-9,14-16H2,1H3,(H,33,39)(H,34,36)(H,37,38)/t18-,19-. The van der Waals surface area contributed by atoms with Gasteiger partial charge in [0, 0.05) is 30.6 Å². The van der Waals surface area contributed by atoms with E-state index in [-0.39, 0.29) is 31.2 Å². The summed E-state index contributed by atoms with van der Waals surface area (Å²) >= 11 is 0. The van der Waals surface area contributed by atoms with Gasteiger partial charge in [0.2, 0.25) is 17.6 Å². The fourth-order valence-corrected chi connectivity index (χ4v) is 4.87. The molecule has 1 heterocycles. The third kappa shape index (κ3) is 7.49. The first-order valence-electron chi connectivity index (χ1n) is 13.0. The number of rotatable bonds is 9. The van der Waals surface area contributed by atoms with Crippen molar-refractivity contribution in [2.75, 3.05) is 11.9 Å². The van der Waals surface area contributed by atoms with E-state index in [1.807, 2.05) is 19.1 Å². The van der Waals surface area contributed by atoms with Gasteiger partial charge in [-0.3, -0.25) is 14.4 Å². The first-order chi connectivity index (χ1) is 19.0. The summed E-state index contributed by atoms with van der Waals surface area (Å²) in [5.74, 6) is -3.54. The lowest BCUT2D eigenvalue weighted by Gasteiger charge is -2.28. The lowest BCUT2D eigenvalue weighted by atomic mass is 9.77. The molecule has 1 aliphatic rings. The Bertz CT molecular complexity index is 1340. The first-order valence-corrected chi connectivity index (χ1v) is 13.0. The number of aromatic nitrogens is 1. The number of nitrogens with zero attached hydrogens (tertiary/aromatic N) is 1. The highest BCUT2D eigenvalue weighted by Gasteiger charge is 2.42. The van der Waals surface area contributed by atoms with Crippen LogP contribution in [0.4, 0.5) is 18.9 Å². The molecule has 3 N–H and O–H groups in total. The number of aliphatic carboxylic acids is 1. The Kier molecular flexibility index (Phi) is 8.91. The van der Waals surface area contributed by atoms with Crippen LogP contribution in [0.15, 0.2) is 52.9 Å². The molecule has 0 unspecified atom stereocenters. The monoisotopic (exact) mass is 557 g/mol. The van der Waals surface area contributed by atoms with Crippen molar-refractivity contribution < 1.29 is 37.1 Å². The number of carbonyl (C=O) groups excluding carboxylic acids is 2. The highest BCUT2D eigenvalue weighted by molar-refractivity contribution is 5.95. The molecule has 212 valence electrons. The van der Waals surface area contributed by atoms with E-state index in [0.29, 0.717) is 17.2 Å². The zero-order valence-electron chi connectivity index (χ0n) is 21.9. The zero-order chi connectivity index (χ0) is 28.9. The fraction of sp³-hybridized carbons (Fsp3) is 0.379. The molecule has 3 aromatic rings. The largest absolute Gasteiger partial charge is 0.481 e. The van der Waals surface area contributed by atoms with E-state index in [2.05, 4.69) is 15.6 Å². The Balaban J connectivity index is 1.28. The number of carbonyl (C=O) groups is 3. The summed E-state index contributed by atoms with van der Waals surface area (Å²) in [6.45, 7) is 1.62. The molecule has 1 aromatic heterocycles. The molecule has 1 fully saturated rings. The van der Waals surface area contributed by atoms with Gasteiger partial charge in [-0.05, 0) is 74.3 Å². The Morgan fingerprint density at radius 1 is 1.00 bits per heavy atom. The van der Waals surface area contributed by atoms with Crippen LogP contribution in [0.3, 0.4) is 0 Å². The Morgan fingerprint density at radius 2 is 1.65 bits per heavy atom. The van der Waals surface area contributed by atoms with Gasteiger partial charge in [0.25, 0.3) is 5.91 Å². The second-order valence-electron chi connectivity index (χ2n) is 10.1. The Morgan fingerprint density at radius 3 is 2.25 bits per heavy atom. The van der Waals surface area contributed by atoms with Crippen molar-refractivity contribution in [3.05, 3.63) is 71.1 Å². The van der Waals surface area contributed by atoms with Crippen molar-refractivity contribution in [3.63, 3.8) is 0 Å². The number of amides is 2. The molecule has 11 heteroatoms. The topological polar surface area (TPSA) is 122 Å². The number of anilines is 1. The summed E-state index contributed by atoms with van der Waals surface area (Å²) in [6.07, 6.45) is -1.32. The molecule has 0 spiro atoms. The van der Waals surface area contributed by atoms with Crippen molar-refractivity contribution in [2.24, 2.45) is 5.92 Å². The predicted octanol–water partition coefficient (Wildman–Crippen LogP) is 6.18. The number of nitrogens with one attached hydrogen (secondary N) is 2. The highest BCUT2D eigenvalue weighted by atomic mass is 19.4. The smallest absolute Gasteiger partial charge is 0.452 e. The second-order valence-corrected chi connectivity index (χ2v) is 10.1. The fourth-order valence-electron chi connectivity index (χ4n) is 4.87. The van der Waals surface area contributed by atoms with Gasteiger partial charge in [0.15, 0.2) is 5.69 Å². The molecule has 4 rings (SSSR count). The van der Waals surface area contributed by atoms with Crippen molar-refractivity contribution in [1.82, 2.24) is 10.3 Å². The lowest BCUT2D eigenvalue weighted by molar-refractivity contribution is -0.153. The van der Waals surface area contributed by atoms with Crippen LogP contribution in [-0.2, 0) is 15.8 Å². The van der Waals surface area contributed by atoms with E-state index >= 15 is 0 Å². The number of carboxylic acid groups (broad SMARTS) is 1. The summed E-state index contributed by atoms with van der Waals surface area (Å²) in [6, 6.07) is 13.9. The molecular formula is C29H30F3N3O5. The average Bonchev–Trinajstić information content (AvgIpc) is 3.36. The Labute approximate surface area is 229 Å². The van der Waals surface area contributed by atoms with Crippen molar-refractivity contribution in [3.8, 4) is 11.5 Å². The molecule has 1 aliphatic carbocycles. The summed E-state index contributed by atoms with van der Waals surface area (Å²) in [4.78, 5) is 39.6. The van der Waals surface area contributed by atoms with Gasteiger partial charge in [-0.15, -0.1) is 0 Å². The molecule has 0 saturated heterocycles. The number of alkyl halides is 3. The van der Waals surface area contributed by atoms with Gasteiger partial charge < -0.3 is 20.2 Å². The number of aryl methyl sites for hydroxylation is 1. The minimum absolute atomic E-state index is 0.162. The Hall–Kier alpha value is -4.15. The lowest BCUT2D eigenvalue weighted by Crippen LogP contribution is -2.29. The van der Waals surface area contributed by atoms with Crippen LogP contribution in [-0.4, -0.2) is 34.4 Å². The zero-order valence-corrected chi connectivity index (χ0v) is 21.9. The SMILES string of the molecule is Cc1ccc(-c2nc(C(=O)NCCC(=O)Nc3ccc([C@H]4CC[C@H](CC(=O)O)CC4)cc3)c(C(F)(F)F)o2)cc1. The van der Waals surface area contributed by atoms with E-state index in [4.69, 9.17) is 9.52 Å². The minimum Gasteiger partial charge on any atom is -0.481 e. The van der Waals surface area contributed by atoms with Gasteiger partial charge in [0.1, 0.15) is 0 Å². The van der Waals surface area contributed by atoms with Crippen LogP contribution in [0.5, 0.6) is 0 Å². The van der Waals surface area contributed by atoms with E-state index < -0.39 is 35.4 Å². The number of halogens is 3. The molecular weight excluding hydrogens is 527 g/mol. The maximum absolute atomic E-state index is 13.5. The van der Waals surface area contributed by atoms with Crippen LogP contribution in [0.1, 0.15) is 71.8 Å². The molecule has 1 saturated carbocycles. The third-order valence-corrected chi connectivity index (χ3v) is 7.01. The number of hydrogen-bond donors (Lipinski definition) is 3. The maximum atomic E-state index is 13.5. The van der Waals surface area contributed by atoms with Gasteiger partial charge in [-0.25, -0.2) is 4.98 Å². The summed E-state index contributed by atoms with van der Waals surface area (Å²) in [5.41, 5.74) is 1.98. The minimum atomic E-state index is -4.93. The number of hydrogen-bond acceptors (Lipinski definition) is 5. The summed E-state index contributed by atoms with van der Waals surface area (Å²) in [5, 5.41) is 14.0.